The van der Waals surface area contributed by atoms with Crippen LogP contribution in [0.25, 0.3) is 0 Å². The number of aryl methyl sites for hydroxylation is 1. The summed E-state index contributed by atoms with van der Waals surface area (Å²) in [5.41, 5.74) is -0.786. The average Bonchev–Trinajstić information content (AvgIpc) is 3.48. The van der Waals surface area contributed by atoms with E-state index in [4.69, 9.17) is 9.16 Å². The molecule has 0 bridgehead atoms. The molecular formula is C27H32O4SSi. The molecule has 1 aliphatic heterocycles. The first-order valence-corrected chi connectivity index (χ1v) is 14.7. The monoisotopic (exact) mass is 480 g/mol. The van der Waals surface area contributed by atoms with Crippen LogP contribution in [0.4, 0.5) is 0 Å². The molecule has 0 amide bonds. The molecule has 0 N–H and O–H groups in total. The summed E-state index contributed by atoms with van der Waals surface area (Å²) in [5, 5.41) is 2.13. The number of rotatable bonds is 7. The minimum Gasteiger partial charge on any atom is -0.404 e. The topological polar surface area (TPSA) is 55.9 Å². The standard InChI is InChI=1S/C27H32O4SSi/c1-21-16-18-22(19-17-21)32(28,29)25-27(5,31-25)20-30-33(26(2,3)4,23-12-8-6-9-13-23)24-14-10-7-11-15-24/h6-19,25H,20H2,1-5H3/t25-,27+/m0/s1. The summed E-state index contributed by atoms with van der Waals surface area (Å²) < 4.78 is 39.2. The van der Waals surface area contributed by atoms with Gasteiger partial charge in [-0.3, -0.25) is 0 Å². The normalized spacial score (nSPS) is 21.1. The van der Waals surface area contributed by atoms with Crippen LogP contribution in [0.1, 0.15) is 33.3 Å². The zero-order chi connectivity index (χ0) is 23.9. The fourth-order valence-corrected chi connectivity index (χ4v) is 11.1. The van der Waals surface area contributed by atoms with E-state index in [1.807, 2.05) is 62.4 Å². The Morgan fingerprint density at radius 3 is 1.82 bits per heavy atom. The number of benzene rings is 3. The lowest BCUT2D eigenvalue weighted by atomic mass is 10.2. The zero-order valence-corrected chi connectivity index (χ0v) is 21.7. The number of hydrogen-bond acceptors (Lipinski definition) is 4. The molecule has 2 atom stereocenters. The van der Waals surface area contributed by atoms with Crippen molar-refractivity contribution in [1.82, 2.24) is 0 Å². The summed E-state index contributed by atoms with van der Waals surface area (Å²) in [6.07, 6.45) is 0. The van der Waals surface area contributed by atoms with Gasteiger partial charge in [0.1, 0.15) is 5.60 Å². The molecule has 0 aromatic heterocycles. The maximum Gasteiger partial charge on any atom is 0.261 e. The fraction of sp³-hybridized carbons (Fsp3) is 0.333. The van der Waals surface area contributed by atoms with Crippen molar-refractivity contribution >= 4 is 28.5 Å². The van der Waals surface area contributed by atoms with E-state index in [-0.39, 0.29) is 16.5 Å². The third-order valence-electron chi connectivity index (χ3n) is 6.44. The van der Waals surface area contributed by atoms with Crippen molar-refractivity contribution in [3.8, 4) is 0 Å². The first-order valence-electron chi connectivity index (χ1n) is 11.2. The third-order valence-corrected chi connectivity index (χ3v) is 13.5. The van der Waals surface area contributed by atoms with Crippen molar-refractivity contribution in [1.29, 1.82) is 0 Å². The van der Waals surface area contributed by atoms with Gasteiger partial charge in [0, 0.05) is 0 Å². The number of sulfone groups is 1. The summed E-state index contributed by atoms with van der Waals surface area (Å²) in [7, 11) is -6.38. The lowest BCUT2D eigenvalue weighted by molar-refractivity contribution is 0.193. The van der Waals surface area contributed by atoms with Crippen LogP contribution in [0.3, 0.4) is 0 Å². The highest BCUT2D eigenvalue weighted by Crippen LogP contribution is 2.45. The van der Waals surface area contributed by atoms with Crippen molar-refractivity contribution < 1.29 is 17.6 Å². The highest BCUT2D eigenvalue weighted by molar-refractivity contribution is 7.92. The molecule has 1 saturated heterocycles. The van der Waals surface area contributed by atoms with Crippen LogP contribution in [-0.2, 0) is 19.0 Å². The molecule has 1 heterocycles. The van der Waals surface area contributed by atoms with Gasteiger partial charge in [0.05, 0.1) is 11.5 Å². The highest BCUT2D eigenvalue weighted by atomic mass is 32.2. The smallest absolute Gasteiger partial charge is 0.261 e. The van der Waals surface area contributed by atoms with E-state index in [0.717, 1.165) is 15.9 Å². The van der Waals surface area contributed by atoms with Crippen LogP contribution in [0.15, 0.2) is 89.8 Å². The van der Waals surface area contributed by atoms with E-state index < -0.39 is 29.2 Å². The molecule has 0 saturated carbocycles. The molecular weight excluding hydrogens is 448 g/mol. The van der Waals surface area contributed by atoms with Crippen LogP contribution in [0.2, 0.25) is 5.04 Å². The number of ether oxygens (including phenoxy) is 1. The molecule has 1 fully saturated rings. The van der Waals surface area contributed by atoms with Gasteiger partial charge in [0.2, 0.25) is 9.84 Å². The van der Waals surface area contributed by atoms with Crippen molar-refractivity contribution in [2.75, 3.05) is 6.61 Å². The Morgan fingerprint density at radius 1 is 0.879 bits per heavy atom. The van der Waals surface area contributed by atoms with Gasteiger partial charge < -0.3 is 9.16 Å². The van der Waals surface area contributed by atoms with E-state index in [1.54, 1.807) is 12.1 Å². The molecule has 0 radical (unpaired) electrons. The second-order valence-corrected chi connectivity index (χ2v) is 16.4. The fourth-order valence-electron chi connectivity index (χ4n) is 4.57. The van der Waals surface area contributed by atoms with Crippen LogP contribution in [0.5, 0.6) is 0 Å². The largest absolute Gasteiger partial charge is 0.404 e. The Labute approximate surface area is 198 Å². The van der Waals surface area contributed by atoms with Gasteiger partial charge >= 0.3 is 0 Å². The average molecular weight is 481 g/mol. The van der Waals surface area contributed by atoms with Crippen LogP contribution in [0, 0.1) is 6.92 Å². The molecule has 4 rings (SSSR count). The number of epoxide rings is 1. The Balaban J connectivity index is 1.68. The predicted molar refractivity (Wildman–Crippen MR) is 135 cm³/mol. The first kappa shape index (κ1) is 23.9. The highest BCUT2D eigenvalue weighted by Gasteiger charge is 2.62. The summed E-state index contributed by atoms with van der Waals surface area (Å²) in [5.74, 6) is 0. The maximum atomic E-state index is 13.2. The second-order valence-electron chi connectivity index (χ2n) is 10.1. The SMILES string of the molecule is Cc1ccc(S(=O)(=O)[C@@H]2O[C@]2(C)CO[Si](c2ccccc2)(c2ccccc2)C(C)(C)C)cc1. The molecule has 33 heavy (non-hydrogen) atoms. The Kier molecular flexibility index (Phi) is 6.16. The van der Waals surface area contributed by atoms with Crippen molar-refractivity contribution in [2.24, 2.45) is 0 Å². The Hall–Kier alpha value is -2.25. The number of hydrogen-bond donors (Lipinski definition) is 0. The van der Waals surface area contributed by atoms with E-state index in [1.165, 1.54) is 0 Å². The Morgan fingerprint density at radius 2 is 1.36 bits per heavy atom. The van der Waals surface area contributed by atoms with Crippen molar-refractivity contribution in [3.05, 3.63) is 90.5 Å². The van der Waals surface area contributed by atoms with Crippen LogP contribution in [-0.4, -0.2) is 34.4 Å². The Bertz CT molecular complexity index is 1160. The molecule has 3 aromatic carbocycles. The zero-order valence-electron chi connectivity index (χ0n) is 19.9. The molecule has 0 unspecified atom stereocenters. The third kappa shape index (κ3) is 4.33. The quantitative estimate of drug-likeness (QED) is 0.370. The van der Waals surface area contributed by atoms with Gasteiger partial charge in [-0.15, -0.1) is 0 Å². The van der Waals surface area contributed by atoms with E-state index in [0.29, 0.717) is 0 Å². The van der Waals surface area contributed by atoms with Gasteiger partial charge in [-0.05, 0) is 41.4 Å². The maximum absolute atomic E-state index is 13.2. The van der Waals surface area contributed by atoms with Gasteiger partial charge in [-0.2, -0.15) is 0 Å². The van der Waals surface area contributed by atoms with Gasteiger partial charge in [0.25, 0.3) is 8.32 Å². The molecule has 6 heteroatoms. The van der Waals surface area contributed by atoms with E-state index in [2.05, 4.69) is 45.0 Å². The summed E-state index contributed by atoms with van der Waals surface area (Å²) >= 11 is 0. The molecule has 0 aliphatic carbocycles. The summed E-state index contributed by atoms with van der Waals surface area (Å²) in [6.45, 7) is 10.6. The molecule has 1 aliphatic rings. The summed E-state index contributed by atoms with van der Waals surface area (Å²) in [6, 6.07) is 27.6. The van der Waals surface area contributed by atoms with Gasteiger partial charge in [0.15, 0.2) is 5.44 Å². The predicted octanol–water partition coefficient (Wildman–Crippen LogP) is 4.46. The van der Waals surface area contributed by atoms with E-state index >= 15 is 0 Å². The first-order chi connectivity index (χ1) is 15.5. The summed E-state index contributed by atoms with van der Waals surface area (Å²) in [4.78, 5) is 0.285. The molecule has 4 nitrogen and oxygen atoms in total. The van der Waals surface area contributed by atoms with Crippen LogP contribution < -0.4 is 10.4 Å². The van der Waals surface area contributed by atoms with E-state index in [9.17, 15) is 8.42 Å². The molecule has 174 valence electrons. The minimum absolute atomic E-state index is 0.188. The minimum atomic E-state index is -3.61. The van der Waals surface area contributed by atoms with Crippen molar-refractivity contribution in [3.63, 3.8) is 0 Å². The second kappa shape index (κ2) is 8.51. The van der Waals surface area contributed by atoms with Gasteiger partial charge in [-0.1, -0.05) is 99.1 Å². The van der Waals surface area contributed by atoms with Crippen molar-refractivity contribution in [2.45, 2.75) is 55.6 Å². The van der Waals surface area contributed by atoms with Gasteiger partial charge in [-0.25, -0.2) is 8.42 Å². The molecule has 3 aromatic rings. The van der Waals surface area contributed by atoms with Crippen LogP contribution >= 0.6 is 0 Å². The lowest BCUT2D eigenvalue weighted by Gasteiger charge is -2.43. The lowest BCUT2D eigenvalue weighted by Crippen LogP contribution is -2.67. The molecule has 0 spiro atoms.